The van der Waals surface area contributed by atoms with Crippen LogP contribution in [-0.2, 0) is 4.79 Å². The molecule has 122 valence electrons. The van der Waals surface area contributed by atoms with Crippen LogP contribution in [0.15, 0.2) is 66.2 Å². The first-order valence-electron chi connectivity index (χ1n) is 7.56. The van der Waals surface area contributed by atoms with Crippen LogP contribution in [-0.4, -0.2) is 17.4 Å². The zero-order valence-corrected chi connectivity index (χ0v) is 14.4. The molecule has 1 amide bonds. The zero-order chi connectivity index (χ0) is 16.8. The number of rotatable bonds is 6. The summed E-state index contributed by atoms with van der Waals surface area (Å²) in [6.07, 6.45) is 1.59. The summed E-state index contributed by atoms with van der Waals surface area (Å²) < 4.78 is 0. The van der Waals surface area contributed by atoms with Crippen LogP contribution >= 0.6 is 22.9 Å². The van der Waals surface area contributed by atoms with Crippen molar-refractivity contribution in [1.29, 1.82) is 0 Å². The molecule has 0 unspecified atom stereocenters. The van der Waals surface area contributed by atoms with Gasteiger partial charge in [-0.25, -0.2) is 4.98 Å². The molecule has 0 aliphatic rings. The number of aromatic nitrogens is 1. The van der Waals surface area contributed by atoms with Gasteiger partial charge in [0.1, 0.15) is 6.04 Å². The van der Waals surface area contributed by atoms with Gasteiger partial charge in [-0.15, -0.1) is 11.3 Å². The Bertz CT molecular complexity index is 793. The lowest BCUT2D eigenvalue weighted by Gasteiger charge is -2.14. The SMILES string of the molecule is O=C(C[NH2+][C@H](c1ccccc1)c1cccs1)Nc1cccnc1Cl. The van der Waals surface area contributed by atoms with Gasteiger partial charge in [0, 0.05) is 11.8 Å². The number of halogens is 1. The van der Waals surface area contributed by atoms with Crippen molar-refractivity contribution in [3.8, 4) is 0 Å². The highest BCUT2D eigenvalue weighted by Gasteiger charge is 2.20. The van der Waals surface area contributed by atoms with Gasteiger partial charge in [0.05, 0.1) is 10.6 Å². The monoisotopic (exact) mass is 358 g/mol. The molecule has 0 aliphatic carbocycles. The third-order valence-electron chi connectivity index (χ3n) is 3.58. The van der Waals surface area contributed by atoms with E-state index < -0.39 is 0 Å². The molecule has 2 heterocycles. The molecule has 0 spiro atoms. The fraction of sp³-hybridized carbons (Fsp3) is 0.111. The molecule has 0 fully saturated rings. The van der Waals surface area contributed by atoms with Crippen molar-refractivity contribution in [3.05, 3.63) is 81.8 Å². The summed E-state index contributed by atoms with van der Waals surface area (Å²) in [5.41, 5.74) is 1.71. The van der Waals surface area contributed by atoms with E-state index in [1.54, 1.807) is 29.7 Å². The molecule has 1 atom stereocenters. The molecule has 3 N–H and O–H groups in total. The number of nitrogens with one attached hydrogen (secondary N) is 1. The Morgan fingerprint density at radius 2 is 2.00 bits per heavy atom. The van der Waals surface area contributed by atoms with Gasteiger partial charge in [0.2, 0.25) is 0 Å². The molecule has 0 radical (unpaired) electrons. The molecule has 0 aliphatic heterocycles. The zero-order valence-electron chi connectivity index (χ0n) is 12.9. The van der Waals surface area contributed by atoms with Gasteiger partial charge in [0.15, 0.2) is 11.7 Å². The third kappa shape index (κ3) is 4.20. The van der Waals surface area contributed by atoms with Gasteiger partial charge in [-0.3, -0.25) is 4.79 Å². The standard InChI is InChI=1S/C18H16ClN3OS/c19-18-14(8-4-10-20-18)22-16(23)12-21-17(15-9-5-11-24-15)13-6-2-1-3-7-13/h1-11,17,21H,12H2,(H,22,23)/p+1/t17-/m1/s1. The van der Waals surface area contributed by atoms with Gasteiger partial charge in [0.25, 0.3) is 5.91 Å². The number of pyridine rings is 1. The van der Waals surface area contributed by atoms with E-state index >= 15 is 0 Å². The lowest BCUT2D eigenvalue weighted by molar-refractivity contribution is -0.675. The Labute approximate surface area is 149 Å². The molecule has 4 nitrogen and oxygen atoms in total. The lowest BCUT2D eigenvalue weighted by atomic mass is 10.1. The predicted molar refractivity (Wildman–Crippen MR) is 97.3 cm³/mol. The summed E-state index contributed by atoms with van der Waals surface area (Å²) in [4.78, 5) is 17.4. The molecule has 6 heteroatoms. The Morgan fingerprint density at radius 1 is 1.17 bits per heavy atom. The van der Waals surface area contributed by atoms with Crippen molar-refractivity contribution < 1.29 is 10.1 Å². The van der Waals surface area contributed by atoms with Crippen LogP contribution in [0.2, 0.25) is 5.15 Å². The van der Waals surface area contributed by atoms with Crippen molar-refractivity contribution in [3.63, 3.8) is 0 Å². The molecule has 2 aromatic heterocycles. The highest BCUT2D eigenvalue weighted by Crippen LogP contribution is 2.22. The first-order valence-corrected chi connectivity index (χ1v) is 8.82. The number of hydrogen-bond donors (Lipinski definition) is 2. The fourth-order valence-electron chi connectivity index (χ4n) is 2.45. The van der Waals surface area contributed by atoms with Gasteiger partial charge in [-0.2, -0.15) is 0 Å². The van der Waals surface area contributed by atoms with Crippen LogP contribution in [0, 0.1) is 0 Å². The Balaban J connectivity index is 1.68. The van der Waals surface area contributed by atoms with Crippen LogP contribution in [0.25, 0.3) is 0 Å². The van der Waals surface area contributed by atoms with Gasteiger partial charge < -0.3 is 10.6 Å². The minimum Gasteiger partial charge on any atom is -0.328 e. The second-order valence-corrected chi connectivity index (χ2v) is 6.57. The predicted octanol–water partition coefficient (Wildman–Crippen LogP) is 3.09. The molecule has 1 aromatic carbocycles. The van der Waals surface area contributed by atoms with Crippen LogP contribution in [0.5, 0.6) is 0 Å². The number of anilines is 1. The first-order chi connectivity index (χ1) is 11.7. The number of carbonyl (C=O) groups excluding carboxylic acids is 1. The van der Waals surface area contributed by atoms with Crippen molar-refractivity contribution in [2.24, 2.45) is 0 Å². The Kier molecular flexibility index (Phi) is 5.59. The summed E-state index contributed by atoms with van der Waals surface area (Å²) in [7, 11) is 0. The van der Waals surface area contributed by atoms with Crippen molar-refractivity contribution in [1.82, 2.24) is 4.98 Å². The molecule has 0 saturated carbocycles. The van der Waals surface area contributed by atoms with E-state index in [0.717, 1.165) is 0 Å². The molecule has 24 heavy (non-hydrogen) atoms. The number of nitrogens with two attached hydrogens (primary N) is 1. The normalized spacial score (nSPS) is 11.9. The summed E-state index contributed by atoms with van der Waals surface area (Å²) in [5.74, 6) is -0.109. The summed E-state index contributed by atoms with van der Waals surface area (Å²) in [6, 6.07) is 17.9. The highest BCUT2D eigenvalue weighted by atomic mass is 35.5. The van der Waals surface area contributed by atoms with E-state index in [4.69, 9.17) is 11.6 Å². The van der Waals surface area contributed by atoms with Crippen molar-refractivity contribution >= 4 is 34.5 Å². The summed E-state index contributed by atoms with van der Waals surface area (Å²) >= 11 is 7.66. The van der Waals surface area contributed by atoms with Crippen LogP contribution < -0.4 is 10.6 Å². The number of carbonyl (C=O) groups is 1. The quantitative estimate of drug-likeness (QED) is 0.665. The molecule has 0 saturated heterocycles. The van der Waals surface area contributed by atoms with Crippen LogP contribution in [0.3, 0.4) is 0 Å². The number of hydrogen-bond acceptors (Lipinski definition) is 3. The smallest absolute Gasteiger partial charge is 0.279 e. The minimum absolute atomic E-state index is 0.0984. The number of benzene rings is 1. The number of amides is 1. The number of quaternary nitrogens is 1. The van der Waals surface area contributed by atoms with Crippen LogP contribution in [0.4, 0.5) is 5.69 Å². The largest absolute Gasteiger partial charge is 0.328 e. The van der Waals surface area contributed by atoms with Gasteiger partial charge in [-0.05, 0) is 23.6 Å². The maximum Gasteiger partial charge on any atom is 0.279 e. The van der Waals surface area contributed by atoms with E-state index in [1.807, 2.05) is 29.6 Å². The fourth-order valence-corrected chi connectivity index (χ4v) is 3.47. The first kappa shape index (κ1) is 16.6. The lowest BCUT2D eigenvalue weighted by Crippen LogP contribution is -2.87. The average molecular weight is 359 g/mol. The second kappa shape index (κ2) is 8.06. The van der Waals surface area contributed by atoms with Crippen molar-refractivity contribution in [2.75, 3.05) is 11.9 Å². The summed E-state index contributed by atoms with van der Waals surface area (Å²) in [6.45, 7) is 0.294. The third-order valence-corrected chi connectivity index (χ3v) is 4.84. The Morgan fingerprint density at radius 3 is 2.71 bits per heavy atom. The molecular formula is C18H17ClN3OS+. The average Bonchev–Trinajstić information content (AvgIpc) is 3.12. The molecule has 0 bridgehead atoms. The number of nitrogens with zero attached hydrogens (tertiary/aromatic N) is 1. The molecule has 3 rings (SSSR count). The van der Waals surface area contributed by atoms with Crippen molar-refractivity contribution in [2.45, 2.75) is 6.04 Å². The molecule has 3 aromatic rings. The van der Waals surface area contributed by atoms with E-state index in [-0.39, 0.29) is 11.9 Å². The van der Waals surface area contributed by atoms with Gasteiger partial charge >= 0.3 is 0 Å². The van der Waals surface area contributed by atoms with E-state index in [1.165, 1.54) is 10.4 Å². The van der Waals surface area contributed by atoms with E-state index in [0.29, 0.717) is 17.4 Å². The second-order valence-electron chi connectivity index (χ2n) is 5.23. The maximum absolute atomic E-state index is 12.2. The van der Waals surface area contributed by atoms with E-state index in [9.17, 15) is 4.79 Å². The minimum atomic E-state index is -0.109. The molecular weight excluding hydrogens is 342 g/mol. The maximum atomic E-state index is 12.2. The summed E-state index contributed by atoms with van der Waals surface area (Å²) in [5, 5.41) is 7.17. The topological polar surface area (TPSA) is 58.6 Å². The van der Waals surface area contributed by atoms with Gasteiger partial charge in [-0.1, -0.05) is 48.0 Å². The number of thiophene rings is 1. The van der Waals surface area contributed by atoms with E-state index in [2.05, 4.69) is 33.9 Å². The van der Waals surface area contributed by atoms with Crippen LogP contribution in [0.1, 0.15) is 16.5 Å². The Hall–Kier alpha value is -2.21. The highest BCUT2D eigenvalue weighted by molar-refractivity contribution is 7.10.